The Bertz CT molecular complexity index is 973. The second-order valence-corrected chi connectivity index (χ2v) is 23.5. The van der Waals surface area contributed by atoms with Crippen LogP contribution in [0.15, 0.2) is 0 Å². The lowest BCUT2D eigenvalue weighted by Gasteiger charge is -2.34. The molecule has 0 saturated carbocycles. The molecule has 0 heterocycles. The van der Waals surface area contributed by atoms with Crippen molar-refractivity contribution in [2.24, 2.45) is 5.92 Å². The number of rotatable bonds is 30. The van der Waals surface area contributed by atoms with Crippen LogP contribution in [0.1, 0.15) is 122 Å². The van der Waals surface area contributed by atoms with Crippen molar-refractivity contribution in [2.45, 2.75) is 155 Å². The van der Waals surface area contributed by atoms with Gasteiger partial charge >= 0.3 is 0 Å². The zero-order valence-electron chi connectivity index (χ0n) is 35.1. The molecular weight excluding hydrogens is 998 g/mol. The zero-order chi connectivity index (χ0) is 40.8. The van der Waals surface area contributed by atoms with Gasteiger partial charge in [-0.1, -0.05) is 0 Å². The van der Waals surface area contributed by atoms with Gasteiger partial charge in [-0.3, -0.25) is 0 Å². The van der Waals surface area contributed by atoms with Gasteiger partial charge in [-0.2, -0.15) is 0 Å². The molecule has 296 valence electrons. The van der Waals surface area contributed by atoms with Crippen molar-refractivity contribution >= 4 is 121 Å². The number of hydrogen-bond acceptors (Lipinski definition) is 9. The summed E-state index contributed by atoms with van der Waals surface area (Å²) in [6.45, 7) is 26.8. The van der Waals surface area contributed by atoms with Gasteiger partial charge in [-0.25, -0.2) is 0 Å². The van der Waals surface area contributed by atoms with Crippen LogP contribution in [0.3, 0.4) is 0 Å². The average Bonchev–Trinajstić information content (AvgIpc) is 2.95. The van der Waals surface area contributed by atoms with Crippen LogP contribution < -0.4 is 0 Å². The monoisotopic (exact) mass is 1070 g/mol. The third-order valence-corrected chi connectivity index (χ3v) is 10.9. The maximum absolute atomic E-state index is 12.3. The van der Waals surface area contributed by atoms with Crippen LogP contribution in [-0.4, -0.2) is 127 Å². The topological polar surface area (TPSA) is 107 Å². The summed E-state index contributed by atoms with van der Waals surface area (Å²) < 4.78 is 37.8. The first-order chi connectivity index (χ1) is 23.4. The van der Waals surface area contributed by atoms with Gasteiger partial charge in [0.1, 0.15) is 0 Å². The Morgan fingerprint density at radius 2 is 0.654 bits per heavy atom. The summed E-state index contributed by atoms with van der Waals surface area (Å²) >= 11 is 6.44. The van der Waals surface area contributed by atoms with Gasteiger partial charge in [-0.05, 0) is 102 Å². The fourth-order valence-electron chi connectivity index (χ4n) is 4.94. The molecule has 0 aliphatic rings. The summed E-state index contributed by atoms with van der Waals surface area (Å²) in [5.41, 5.74) is -2.50. The molecule has 0 unspecified atom stereocenters. The fourth-order valence-corrected chi connectivity index (χ4v) is 5.60. The average molecular weight is 1070 g/mol. The molecule has 0 aromatic heterocycles. The molecule has 0 rings (SSSR count). The van der Waals surface area contributed by atoms with Crippen LogP contribution in [0.4, 0.5) is 0 Å². The van der Waals surface area contributed by atoms with E-state index >= 15 is 0 Å². The predicted octanol–water partition coefficient (Wildman–Crippen LogP) is 4.71. The van der Waals surface area contributed by atoms with Crippen LogP contribution in [0.5, 0.6) is 0 Å². The van der Waals surface area contributed by atoms with Crippen molar-refractivity contribution in [2.75, 3.05) is 39.6 Å². The first-order valence-corrected chi connectivity index (χ1v) is 22.5. The van der Waals surface area contributed by atoms with Crippen molar-refractivity contribution in [3.8, 4) is 0 Å². The minimum atomic E-state index is -0.543. The molecule has 0 aliphatic heterocycles. The molecule has 9 nitrogen and oxygen atoms in total. The lowest BCUT2D eigenvalue weighted by atomic mass is 9.51. The first kappa shape index (κ1) is 53.3. The van der Waals surface area contributed by atoms with Crippen molar-refractivity contribution in [3.05, 3.63) is 0 Å². The molecule has 18 heteroatoms. The van der Waals surface area contributed by atoms with Crippen LogP contribution in [-0.2, 0) is 42.8 Å². The van der Waals surface area contributed by atoms with Crippen LogP contribution in [0.25, 0.3) is 0 Å². The minimum absolute atomic E-state index is 0.0458. The summed E-state index contributed by atoms with van der Waals surface area (Å²) in [4.78, 5) is 36.9. The van der Waals surface area contributed by atoms with E-state index in [-0.39, 0.29) is 36.3 Å². The molecule has 0 fully saturated rings. The van der Waals surface area contributed by atoms with Gasteiger partial charge in [0, 0.05) is 25.2 Å². The number of carbonyl (C=O) groups is 3. The van der Waals surface area contributed by atoms with Gasteiger partial charge < -0.3 is 42.8 Å². The first-order valence-electron chi connectivity index (χ1n) is 18.7. The van der Waals surface area contributed by atoms with Crippen LogP contribution in [0.2, 0.25) is 0 Å². The summed E-state index contributed by atoms with van der Waals surface area (Å²) in [5, 5.41) is 0. The van der Waals surface area contributed by atoms with E-state index in [4.69, 9.17) is 28.4 Å². The quantitative estimate of drug-likeness (QED) is 0.0748. The van der Waals surface area contributed by atoms with Crippen molar-refractivity contribution in [1.82, 2.24) is 0 Å². The molecule has 0 aromatic rings. The standard InChI is InChI=1S/C34H67B6I3O9/c1-29(2,13-16-47-32(7,8)19-26(44)38(35)41)50-22-25(23-51-30(3,4)14-17-48-33(9,10)20-27(45)39(36)42)24-52-31(5,6)15-18-49-34(11,12)21-28(46)40(37)43/h25H,13-24,35-37H2,1-12H3. The van der Waals surface area contributed by atoms with Gasteiger partial charge in [0.05, 0.1) is 114 Å². The van der Waals surface area contributed by atoms with Crippen LogP contribution in [0, 0.1) is 5.92 Å². The highest BCUT2D eigenvalue weighted by molar-refractivity contribution is 14.1. The molecule has 0 spiro atoms. The molecule has 52 heavy (non-hydrogen) atoms. The Morgan fingerprint density at radius 1 is 0.442 bits per heavy atom. The fraction of sp³-hybridized carbons (Fsp3) is 0.912. The molecule has 0 saturated heterocycles. The molecule has 0 atom stereocenters. The predicted molar refractivity (Wildman–Crippen MR) is 251 cm³/mol. The Kier molecular flexibility index (Phi) is 24.3. The van der Waals surface area contributed by atoms with E-state index in [9.17, 15) is 14.4 Å². The number of hydrogen-bond donors (Lipinski definition) is 0. The minimum Gasteiger partial charge on any atom is -0.375 e. The lowest BCUT2D eigenvalue weighted by Crippen LogP contribution is -2.39. The van der Waals surface area contributed by atoms with Crippen molar-refractivity contribution in [3.63, 3.8) is 0 Å². The molecule has 0 aliphatic carbocycles. The Hall–Kier alpha value is 1.35. The lowest BCUT2D eigenvalue weighted by molar-refractivity contribution is -0.134. The zero-order valence-corrected chi connectivity index (χ0v) is 41.6. The number of halogens is 3. The second kappa shape index (κ2) is 23.7. The number of carbonyl (C=O) groups excluding carboxylic acids is 3. The third-order valence-electron chi connectivity index (χ3n) is 8.85. The second-order valence-electron chi connectivity index (χ2n) is 17.9. The maximum Gasteiger partial charge on any atom is 0.255 e. The van der Waals surface area contributed by atoms with Gasteiger partial charge in [0.2, 0.25) is 0 Å². The van der Waals surface area contributed by atoms with Gasteiger partial charge in [-0.15, -0.1) is 67.1 Å². The van der Waals surface area contributed by atoms with E-state index in [1.54, 1.807) is 0 Å². The van der Waals surface area contributed by atoms with E-state index in [2.05, 4.69) is 109 Å². The normalized spacial score (nSPS) is 13.4. The summed E-state index contributed by atoms with van der Waals surface area (Å²) in [7, 11) is 5.71. The molecule has 0 aromatic carbocycles. The highest BCUT2D eigenvalue weighted by Crippen LogP contribution is 2.26. The summed E-state index contributed by atoms with van der Waals surface area (Å²) in [5.74, 6) is -0.0572. The third kappa shape index (κ3) is 26.3. The smallest absolute Gasteiger partial charge is 0.255 e. The maximum atomic E-state index is 12.3. The molecule has 0 N–H and O–H groups in total. The highest BCUT2D eigenvalue weighted by Gasteiger charge is 2.32. The molecule has 0 radical (unpaired) electrons. The van der Waals surface area contributed by atoms with Gasteiger partial charge in [0.15, 0.2) is 0 Å². The Labute approximate surface area is 361 Å². The number of ether oxygens (including phenoxy) is 6. The molecule has 0 amide bonds. The van der Waals surface area contributed by atoms with E-state index in [0.29, 0.717) is 78.2 Å². The van der Waals surface area contributed by atoms with E-state index in [1.165, 1.54) is 0 Å². The largest absolute Gasteiger partial charge is 0.375 e. The Morgan fingerprint density at radius 3 is 0.846 bits per heavy atom. The van der Waals surface area contributed by atoms with E-state index in [0.717, 1.165) is 0 Å². The van der Waals surface area contributed by atoms with E-state index < -0.39 is 33.6 Å². The summed E-state index contributed by atoms with van der Waals surface area (Å²) in [6, 6.07) is 0. The SMILES string of the molecule is BB(I)C(=O)CC(C)(C)OCCC(C)(C)OCC(COC(C)(C)CCOC(C)(C)CC(=O)B(B)I)COC(C)(C)CCOC(C)(C)CC(=O)B(B)I. The van der Waals surface area contributed by atoms with Crippen molar-refractivity contribution < 1.29 is 42.8 Å². The van der Waals surface area contributed by atoms with Gasteiger partial charge in [0.25, 0.3) is 13.4 Å². The molecule has 0 bridgehead atoms. The Balaban J connectivity index is 5.45. The van der Waals surface area contributed by atoms with Crippen molar-refractivity contribution in [1.29, 1.82) is 0 Å². The van der Waals surface area contributed by atoms with E-state index in [1.807, 2.05) is 64.8 Å². The highest BCUT2D eigenvalue weighted by atomic mass is 127. The van der Waals surface area contributed by atoms with Crippen LogP contribution >= 0.6 is 67.1 Å². The summed E-state index contributed by atoms with van der Waals surface area (Å²) in [6.07, 6.45) is 3.10. The molecular formula is C34H67B6I3O9.